The van der Waals surface area contributed by atoms with Crippen molar-refractivity contribution in [2.75, 3.05) is 38.7 Å². The Hall–Kier alpha value is -2.10. The van der Waals surface area contributed by atoms with Gasteiger partial charge in [0.1, 0.15) is 6.54 Å². The number of hydrogen-bond acceptors (Lipinski definition) is 5. The molecule has 10 heteroatoms. The summed E-state index contributed by atoms with van der Waals surface area (Å²) >= 11 is 0. The Morgan fingerprint density at radius 2 is 1.80 bits per heavy atom. The van der Waals surface area contributed by atoms with Gasteiger partial charge in [-0.1, -0.05) is 0 Å². The van der Waals surface area contributed by atoms with Crippen LogP contribution in [0.2, 0.25) is 0 Å². The van der Waals surface area contributed by atoms with E-state index in [9.17, 15) is 18.0 Å². The Labute approximate surface area is 147 Å². The first-order valence-electron chi connectivity index (χ1n) is 8.16. The Kier molecular flexibility index (Phi) is 4.48. The van der Waals surface area contributed by atoms with E-state index in [-0.39, 0.29) is 30.0 Å². The summed E-state index contributed by atoms with van der Waals surface area (Å²) in [5, 5.41) is 4.11. The molecule has 2 aliphatic heterocycles. The van der Waals surface area contributed by atoms with Crippen molar-refractivity contribution in [3.63, 3.8) is 0 Å². The third-order valence-electron chi connectivity index (χ3n) is 4.84. The van der Waals surface area contributed by atoms with E-state index in [1.807, 2.05) is 13.0 Å². The average molecular weight is 369 g/mol. The SMILES string of the molecule is Cc1ccnn1CC(=O)N1CCN(C(=O)N(C)C)[C@H]2CS(=O)(=O)C[C@H]21. The van der Waals surface area contributed by atoms with Crippen molar-refractivity contribution < 1.29 is 18.0 Å². The van der Waals surface area contributed by atoms with Crippen LogP contribution in [0.4, 0.5) is 4.79 Å². The van der Waals surface area contributed by atoms with Crippen LogP contribution in [0.5, 0.6) is 0 Å². The number of rotatable bonds is 2. The molecule has 0 N–H and O–H groups in total. The maximum Gasteiger partial charge on any atom is 0.319 e. The Bertz CT molecular complexity index is 788. The van der Waals surface area contributed by atoms with Gasteiger partial charge in [0.25, 0.3) is 0 Å². The van der Waals surface area contributed by atoms with Gasteiger partial charge < -0.3 is 14.7 Å². The molecular weight excluding hydrogens is 346 g/mol. The summed E-state index contributed by atoms with van der Waals surface area (Å²) in [6.07, 6.45) is 1.62. The summed E-state index contributed by atoms with van der Waals surface area (Å²) in [6.45, 7) is 2.59. The molecule has 9 nitrogen and oxygen atoms in total. The lowest BCUT2D eigenvalue weighted by molar-refractivity contribution is -0.137. The van der Waals surface area contributed by atoms with Crippen molar-refractivity contribution in [1.29, 1.82) is 0 Å². The second kappa shape index (κ2) is 6.32. The van der Waals surface area contributed by atoms with Crippen molar-refractivity contribution >= 4 is 21.8 Å². The predicted octanol–water partition coefficient (Wildman–Crippen LogP) is -0.817. The molecule has 0 aromatic carbocycles. The molecule has 0 aliphatic carbocycles. The van der Waals surface area contributed by atoms with Gasteiger partial charge in [0, 0.05) is 39.1 Å². The van der Waals surface area contributed by atoms with Crippen molar-refractivity contribution in [3.05, 3.63) is 18.0 Å². The third-order valence-corrected chi connectivity index (χ3v) is 6.54. The maximum atomic E-state index is 12.7. The standard InChI is InChI=1S/C15H23N5O4S/c1-11-4-5-16-20(11)8-14(21)18-6-7-19(15(22)17(2)3)13-10-25(23,24)9-12(13)18/h4-5,12-13H,6-10H2,1-3H3/t12-,13+/m1/s1. The fourth-order valence-electron chi connectivity index (χ4n) is 3.54. The summed E-state index contributed by atoms with van der Waals surface area (Å²) in [5.41, 5.74) is 0.866. The van der Waals surface area contributed by atoms with Crippen molar-refractivity contribution in [2.24, 2.45) is 0 Å². The van der Waals surface area contributed by atoms with Crippen molar-refractivity contribution in [3.8, 4) is 0 Å². The van der Waals surface area contributed by atoms with Gasteiger partial charge in [-0.25, -0.2) is 13.2 Å². The number of amides is 3. The first kappa shape index (κ1) is 17.7. The van der Waals surface area contributed by atoms with Gasteiger partial charge in [-0.05, 0) is 13.0 Å². The van der Waals surface area contributed by atoms with Crippen LogP contribution in [0.3, 0.4) is 0 Å². The van der Waals surface area contributed by atoms with Crippen LogP contribution in [0.15, 0.2) is 12.3 Å². The van der Waals surface area contributed by atoms with Gasteiger partial charge in [0.15, 0.2) is 9.84 Å². The number of carbonyl (C=O) groups excluding carboxylic acids is 2. The van der Waals surface area contributed by atoms with Crippen LogP contribution in [0, 0.1) is 6.92 Å². The quantitative estimate of drug-likeness (QED) is 0.679. The zero-order valence-electron chi connectivity index (χ0n) is 14.6. The molecule has 2 atom stereocenters. The second-order valence-corrected chi connectivity index (χ2v) is 8.95. The molecule has 0 bridgehead atoms. The summed E-state index contributed by atoms with van der Waals surface area (Å²) in [7, 11) is -0.0109. The molecule has 3 rings (SSSR count). The van der Waals surface area contributed by atoms with Crippen LogP contribution in [-0.2, 0) is 21.2 Å². The molecule has 0 saturated carbocycles. The van der Waals surface area contributed by atoms with E-state index in [0.29, 0.717) is 13.1 Å². The molecule has 0 unspecified atom stereocenters. The molecule has 2 aliphatic rings. The molecule has 3 amide bonds. The number of piperazine rings is 1. The van der Waals surface area contributed by atoms with Gasteiger partial charge in [0.2, 0.25) is 5.91 Å². The lowest BCUT2D eigenvalue weighted by Crippen LogP contribution is -2.63. The van der Waals surface area contributed by atoms with Crippen LogP contribution >= 0.6 is 0 Å². The molecule has 138 valence electrons. The maximum absolute atomic E-state index is 12.7. The van der Waals surface area contributed by atoms with Gasteiger partial charge in [-0.3, -0.25) is 9.48 Å². The second-order valence-electron chi connectivity index (χ2n) is 6.80. The Morgan fingerprint density at radius 3 is 2.36 bits per heavy atom. The number of urea groups is 1. The number of fused-ring (bicyclic) bond motifs is 1. The van der Waals surface area contributed by atoms with Gasteiger partial charge in [-0.15, -0.1) is 0 Å². The van der Waals surface area contributed by atoms with Gasteiger partial charge >= 0.3 is 6.03 Å². The number of aromatic nitrogens is 2. The molecule has 3 heterocycles. The number of hydrogen-bond donors (Lipinski definition) is 0. The van der Waals surface area contributed by atoms with E-state index >= 15 is 0 Å². The normalized spacial score (nSPS) is 24.9. The summed E-state index contributed by atoms with van der Waals surface area (Å²) < 4.78 is 25.9. The fraction of sp³-hybridized carbons (Fsp3) is 0.667. The number of nitrogens with zero attached hydrogens (tertiary/aromatic N) is 5. The minimum absolute atomic E-state index is 0.0731. The highest BCUT2D eigenvalue weighted by Gasteiger charge is 2.49. The molecule has 2 fully saturated rings. The average Bonchev–Trinajstić information content (AvgIpc) is 3.07. The highest BCUT2D eigenvalue weighted by Crippen LogP contribution is 2.28. The van der Waals surface area contributed by atoms with E-state index in [2.05, 4.69) is 5.10 Å². The topological polar surface area (TPSA) is 95.8 Å². The number of sulfone groups is 1. The lowest BCUT2D eigenvalue weighted by atomic mass is 10.0. The highest BCUT2D eigenvalue weighted by molar-refractivity contribution is 7.91. The van der Waals surface area contributed by atoms with Crippen LogP contribution in [0.1, 0.15) is 5.69 Å². The molecule has 0 radical (unpaired) electrons. The molecule has 2 saturated heterocycles. The van der Waals surface area contributed by atoms with Crippen molar-refractivity contribution in [2.45, 2.75) is 25.6 Å². The minimum Gasteiger partial charge on any atom is -0.333 e. The summed E-state index contributed by atoms with van der Waals surface area (Å²) in [4.78, 5) is 29.7. The van der Waals surface area contributed by atoms with Gasteiger partial charge in [0.05, 0.1) is 23.6 Å². The van der Waals surface area contributed by atoms with Crippen molar-refractivity contribution in [1.82, 2.24) is 24.5 Å². The van der Waals surface area contributed by atoms with E-state index in [1.54, 1.807) is 34.8 Å². The first-order valence-corrected chi connectivity index (χ1v) is 9.98. The zero-order chi connectivity index (χ0) is 18.4. The van der Waals surface area contributed by atoms with E-state index in [1.165, 1.54) is 4.90 Å². The lowest BCUT2D eigenvalue weighted by Gasteiger charge is -2.44. The highest BCUT2D eigenvalue weighted by atomic mass is 32.2. The summed E-state index contributed by atoms with van der Waals surface area (Å²) in [6, 6.07) is 0.605. The van der Waals surface area contributed by atoms with Gasteiger partial charge in [-0.2, -0.15) is 5.10 Å². The molecule has 1 aromatic rings. The molecular formula is C15H23N5O4S. The zero-order valence-corrected chi connectivity index (χ0v) is 15.4. The van der Waals surface area contributed by atoms with E-state index in [0.717, 1.165) is 5.69 Å². The van der Waals surface area contributed by atoms with Crippen LogP contribution in [0.25, 0.3) is 0 Å². The molecule has 25 heavy (non-hydrogen) atoms. The third kappa shape index (κ3) is 3.35. The Balaban J connectivity index is 1.82. The monoisotopic (exact) mass is 369 g/mol. The van der Waals surface area contributed by atoms with E-state index in [4.69, 9.17) is 0 Å². The minimum atomic E-state index is -3.29. The largest absolute Gasteiger partial charge is 0.333 e. The smallest absolute Gasteiger partial charge is 0.319 e. The first-order chi connectivity index (χ1) is 11.7. The molecule has 0 spiro atoms. The Morgan fingerprint density at radius 1 is 1.20 bits per heavy atom. The summed E-state index contributed by atoms with van der Waals surface area (Å²) in [5.74, 6) is -0.364. The van der Waals surface area contributed by atoms with Crippen LogP contribution < -0.4 is 0 Å². The molecule has 1 aromatic heterocycles. The number of aryl methyl sites for hydroxylation is 1. The number of carbonyl (C=O) groups is 2. The predicted molar refractivity (Wildman–Crippen MR) is 90.7 cm³/mol. The fourth-order valence-corrected chi connectivity index (χ4v) is 5.52. The van der Waals surface area contributed by atoms with E-state index < -0.39 is 21.9 Å². The van der Waals surface area contributed by atoms with Crippen LogP contribution in [-0.4, -0.2) is 95.6 Å².